The highest BCUT2D eigenvalue weighted by molar-refractivity contribution is 5.42. The minimum atomic E-state index is 1.08. The Morgan fingerprint density at radius 2 is 1.67 bits per heavy atom. The number of rotatable bonds is 2. The van der Waals surface area contributed by atoms with Gasteiger partial charge in [-0.15, -0.1) is 0 Å². The number of aryl methyl sites for hydroxylation is 2. The van der Waals surface area contributed by atoms with Crippen LogP contribution in [0.3, 0.4) is 0 Å². The van der Waals surface area contributed by atoms with Crippen molar-refractivity contribution in [3.05, 3.63) is 28.1 Å². The highest BCUT2D eigenvalue weighted by atomic mass is 14.7. The molecular weight excluding hydrogens is 182 g/mol. The maximum absolute atomic E-state index is 4.78. The minimum Gasteiger partial charge on any atom is -0.258 e. The summed E-state index contributed by atoms with van der Waals surface area (Å²) in [7, 11) is 0. The molecule has 2 rings (SSSR count). The highest BCUT2D eigenvalue weighted by Gasteiger charge is 2.18. The summed E-state index contributed by atoms with van der Waals surface area (Å²) in [5, 5.41) is 0. The van der Waals surface area contributed by atoms with Crippen molar-refractivity contribution in [2.24, 2.45) is 0 Å². The smallest absolute Gasteiger partial charge is 0.0438 e. The molecule has 0 bridgehead atoms. The van der Waals surface area contributed by atoms with Crippen LogP contribution in [0.1, 0.15) is 54.8 Å². The van der Waals surface area contributed by atoms with Crippen molar-refractivity contribution in [2.75, 3.05) is 0 Å². The zero-order valence-corrected chi connectivity index (χ0v) is 10.2. The molecule has 0 saturated carbocycles. The highest BCUT2D eigenvalue weighted by Crippen LogP contribution is 2.28. The van der Waals surface area contributed by atoms with Gasteiger partial charge in [0.1, 0.15) is 0 Å². The van der Waals surface area contributed by atoms with E-state index in [0.717, 1.165) is 12.8 Å². The van der Waals surface area contributed by atoms with E-state index in [-0.39, 0.29) is 0 Å². The monoisotopic (exact) mass is 203 g/mol. The molecule has 0 spiro atoms. The number of hydrogen-bond donors (Lipinski definition) is 0. The average Bonchev–Trinajstić information content (AvgIpc) is 2.29. The van der Waals surface area contributed by atoms with Gasteiger partial charge in [0.05, 0.1) is 0 Å². The molecule has 1 aliphatic rings. The first kappa shape index (κ1) is 10.7. The van der Waals surface area contributed by atoms with Crippen molar-refractivity contribution in [2.45, 2.75) is 59.3 Å². The number of fused-ring (bicyclic) bond motifs is 1. The predicted octanol–water partition coefficient (Wildman–Crippen LogP) is 3.39. The van der Waals surface area contributed by atoms with Crippen molar-refractivity contribution < 1.29 is 0 Å². The third-order valence-electron chi connectivity index (χ3n) is 3.61. The van der Waals surface area contributed by atoms with E-state index in [9.17, 15) is 0 Å². The second-order valence-electron chi connectivity index (χ2n) is 4.49. The van der Waals surface area contributed by atoms with Crippen LogP contribution in [0.15, 0.2) is 0 Å². The maximum Gasteiger partial charge on any atom is 0.0438 e. The summed E-state index contributed by atoms with van der Waals surface area (Å²) in [6.45, 7) is 6.67. The fraction of sp³-hybridized carbons (Fsp3) is 0.643. The second-order valence-corrected chi connectivity index (χ2v) is 4.49. The Kier molecular flexibility index (Phi) is 3.08. The zero-order valence-electron chi connectivity index (χ0n) is 10.2. The van der Waals surface area contributed by atoms with E-state index < -0.39 is 0 Å². The molecule has 0 saturated heterocycles. The standard InChI is InChI=1S/C14H21N/c1-4-11-13-9-7-6-8-12(13)10(3)15-14(11)5-2/h4-9H2,1-3H3. The molecule has 1 heteroatoms. The van der Waals surface area contributed by atoms with Crippen LogP contribution in [0.4, 0.5) is 0 Å². The fourth-order valence-electron chi connectivity index (χ4n) is 2.86. The van der Waals surface area contributed by atoms with Crippen molar-refractivity contribution in [3.63, 3.8) is 0 Å². The lowest BCUT2D eigenvalue weighted by Crippen LogP contribution is -2.13. The molecule has 0 radical (unpaired) electrons. The van der Waals surface area contributed by atoms with Crippen LogP contribution >= 0.6 is 0 Å². The van der Waals surface area contributed by atoms with Crippen LogP contribution in [0.25, 0.3) is 0 Å². The lowest BCUT2D eigenvalue weighted by atomic mass is 9.85. The maximum atomic E-state index is 4.78. The molecule has 1 nitrogen and oxygen atoms in total. The van der Waals surface area contributed by atoms with Crippen LogP contribution in [0.2, 0.25) is 0 Å². The van der Waals surface area contributed by atoms with E-state index in [1.807, 2.05) is 0 Å². The Balaban J connectivity index is 2.59. The molecule has 1 aromatic rings. The molecule has 15 heavy (non-hydrogen) atoms. The molecule has 0 aromatic carbocycles. The molecule has 0 fully saturated rings. The molecule has 0 aliphatic heterocycles. The van der Waals surface area contributed by atoms with Gasteiger partial charge in [-0.2, -0.15) is 0 Å². The summed E-state index contributed by atoms with van der Waals surface area (Å²) in [4.78, 5) is 4.78. The van der Waals surface area contributed by atoms with Gasteiger partial charge in [-0.1, -0.05) is 13.8 Å². The summed E-state index contributed by atoms with van der Waals surface area (Å²) in [5.41, 5.74) is 7.40. The van der Waals surface area contributed by atoms with Crippen LogP contribution in [0, 0.1) is 6.92 Å². The van der Waals surface area contributed by atoms with Gasteiger partial charge in [0.15, 0.2) is 0 Å². The minimum absolute atomic E-state index is 1.08. The van der Waals surface area contributed by atoms with Gasteiger partial charge in [-0.25, -0.2) is 0 Å². The van der Waals surface area contributed by atoms with Gasteiger partial charge < -0.3 is 0 Å². The van der Waals surface area contributed by atoms with Gasteiger partial charge >= 0.3 is 0 Å². The van der Waals surface area contributed by atoms with Gasteiger partial charge in [0.25, 0.3) is 0 Å². The molecule has 1 aromatic heterocycles. The molecule has 0 atom stereocenters. The molecule has 82 valence electrons. The summed E-state index contributed by atoms with van der Waals surface area (Å²) in [6, 6.07) is 0. The van der Waals surface area contributed by atoms with Gasteiger partial charge in [-0.3, -0.25) is 4.98 Å². The van der Waals surface area contributed by atoms with E-state index in [4.69, 9.17) is 4.98 Å². The summed E-state index contributed by atoms with van der Waals surface area (Å²) in [6.07, 6.45) is 7.49. The summed E-state index contributed by atoms with van der Waals surface area (Å²) < 4.78 is 0. The molecule has 0 N–H and O–H groups in total. The Morgan fingerprint density at radius 1 is 1.00 bits per heavy atom. The number of pyridine rings is 1. The zero-order chi connectivity index (χ0) is 10.8. The van der Waals surface area contributed by atoms with Crippen molar-refractivity contribution in [1.29, 1.82) is 0 Å². The average molecular weight is 203 g/mol. The first-order chi connectivity index (χ1) is 7.27. The SMILES string of the molecule is CCc1nc(C)c2c(c1CC)CCCC2. The van der Waals surface area contributed by atoms with Gasteiger partial charge in [0.2, 0.25) is 0 Å². The predicted molar refractivity (Wildman–Crippen MR) is 64.4 cm³/mol. The Hall–Kier alpha value is -0.850. The van der Waals surface area contributed by atoms with E-state index in [1.165, 1.54) is 37.1 Å². The van der Waals surface area contributed by atoms with Gasteiger partial charge in [-0.05, 0) is 62.1 Å². The lowest BCUT2D eigenvalue weighted by molar-refractivity contribution is 0.665. The lowest BCUT2D eigenvalue weighted by Gasteiger charge is -2.22. The summed E-state index contributed by atoms with van der Waals surface area (Å²) >= 11 is 0. The molecule has 0 unspecified atom stereocenters. The third-order valence-corrected chi connectivity index (χ3v) is 3.61. The van der Waals surface area contributed by atoms with Crippen LogP contribution in [-0.4, -0.2) is 4.98 Å². The fourth-order valence-corrected chi connectivity index (χ4v) is 2.86. The summed E-state index contributed by atoms with van der Waals surface area (Å²) in [5.74, 6) is 0. The molecule has 0 amide bonds. The van der Waals surface area contributed by atoms with Crippen molar-refractivity contribution >= 4 is 0 Å². The first-order valence-corrected chi connectivity index (χ1v) is 6.28. The Morgan fingerprint density at radius 3 is 2.27 bits per heavy atom. The van der Waals surface area contributed by atoms with Crippen LogP contribution in [-0.2, 0) is 25.7 Å². The van der Waals surface area contributed by atoms with Crippen molar-refractivity contribution in [1.82, 2.24) is 4.98 Å². The van der Waals surface area contributed by atoms with Gasteiger partial charge in [0, 0.05) is 11.4 Å². The molecule has 1 aliphatic carbocycles. The second kappa shape index (κ2) is 4.34. The number of aromatic nitrogens is 1. The number of nitrogens with zero attached hydrogens (tertiary/aromatic N) is 1. The normalized spacial score (nSPS) is 15.1. The van der Waals surface area contributed by atoms with Crippen LogP contribution < -0.4 is 0 Å². The van der Waals surface area contributed by atoms with E-state index in [0.29, 0.717) is 0 Å². The number of hydrogen-bond acceptors (Lipinski definition) is 1. The topological polar surface area (TPSA) is 12.9 Å². The van der Waals surface area contributed by atoms with Crippen molar-refractivity contribution in [3.8, 4) is 0 Å². The quantitative estimate of drug-likeness (QED) is 0.718. The van der Waals surface area contributed by atoms with E-state index in [1.54, 1.807) is 16.7 Å². The Bertz CT molecular complexity index is 366. The van der Waals surface area contributed by atoms with E-state index >= 15 is 0 Å². The molecule has 1 heterocycles. The first-order valence-electron chi connectivity index (χ1n) is 6.28. The van der Waals surface area contributed by atoms with E-state index in [2.05, 4.69) is 20.8 Å². The van der Waals surface area contributed by atoms with Crippen LogP contribution in [0.5, 0.6) is 0 Å². The Labute approximate surface area is 92.9 Å². The largest absolute Gasteiger partial charge is 0.258 e. The third kappa shape index (κ3) is 1.80. The molecular formula is C14H21N.